The summed E-state index contributed by atoms with van der Waals surface area (Å²) >= 11 is 0. The van der Waals surface area contributed by atoms with Gasteiger partial charge in [0.05, 0.1) is 0 Å². The number of hydrogen-bond donors (Lipinski definition) is 2. The van der Waals surface area contributed by atoms with Crippen LogP contribution in [0.3, 0.4) is 0 Å². The summed E-state index contributed by atoms with van der Waals surface area (Å²) in [5.74, 6) is 0.733. The molecule has 2 fully saturated rings. The van der Waals surface area contributed by atoms with E-state index in [2.05, 4.69) is 41.3 Å². The number of piperazine rings is 1. The zero-order valence-corrected chi connectivity index (χ0v) is 14.0. The molecular formula is C16H32N4O. The maximum absolute atomic E-state index is 12.1. The number of amides is 1. The van der Waals surface area contributed by atoms with E-state index in [-0.39, 0.29) is 11.4 Å². The van der Waals surface area contributed by atoms with Crippen LogP contribution in [0.15, 0.2) is 0 Å². The van der Waals surface area contributed by atoms with Gasteiger partial charge in [-0.25, -0.2) is 0 Å². The quantitative estimate of drug-likeness (QED) is 0.776. The van der Waals surface area contributed by atoms with E-state index in [1.807, 2.05) is 0 Å². The van der Waals surface area contributed by atoms with Gasteiger partial charge in [0, 0.05) is 44.7 Å². The van der Waals surface area contributed by atoms with Crippen LogP contribution in [0, 0.1) is 5.92 Å². The summed E-state index contributed by atoms with van der Waals surface area (Å²) in [5, 5.41) is 6.53. The van der Waals surface area contributed by atoms with Gasteiger partial charge < -0.3 is 15.5 Å². The molecule has 0 radical (unpaired) electrons. The number of rotatable bonds is 5. The first-order valence-corrected chi connectivity index (χ1v) is 8.38. The zero-order valence-electron chi connectivity index (χ0n) is 14.0. The third kappa shape index (κ3) is 5.24. The molecule has 2 N–H and O–H groups in total. The fourth-order valence-electron chi connectivity index (χ4n) is 3.27. The van der Waals surface area contributed by atoms with Gasteiger partial charge in [0.1, 0.15) is 0 Å². The van der Waals surface area contributed by atoms with Crippen LogP contribution in [0.2, 0.25) is 0 Å². The topological polar surface area (TPSA) is 47.6 Å². The molecule has 0 aliphatic carbocycles. The first kappa shape index (κ1) is 16.7. The molecule has 1 unspecified atom stereocenters. The number of piperidine rings is 1. The Morgan fingerprint density at radius 2 is 2.00 bits per heavy atom. The van der Waals surface area contributed by atoms with E-state index < -0.39 is 0 Å². The summed E-state index contributed by atoms with van der Waals surface area (Å²) in [6.07, 6.45) is 3.05. The number of nitrogens with zero attached hydrogens (tertiary/aromatic N) is 2. The summed E-state index contributed by atoms with van der Waals surface area (Å²) in [7, 11) is 2.17. The smallest absolute Gasteiger partial charge is 0.220 e. The molecule has 5 nitrogen and oxygen atoms in total. The lowest BCUT2D eigenvalue weighted by molar-refractivity contribution is -0.122. The Balaban J connectivity index is 1.71. The van der Waals surface area contributed by atoms with Crippen molar-refractivity contribution in [2.24, 2.45) is 5.92 Å². The van der Waals surface area contributed by atoms with Gasteiger partial charge in [-0.2, -0.15) is 0 Å². The Hall–Kier alpha value is -0.650. The molecule has 21 heavy (non-hydrogen) atoms. The fourth-order valence-corrected chi connectivity index (χ4v) is 3.27. The van der Waals surface area contributed by atoms with Crippen LogP contribution in [0.25, 0.3) is 0 Å². The maximum atomic E-state index is 12.1. The highest BCUT2D eigenvalue weighted by molar-refractivity contribution is 5.76. The van der Waals surface area contributed by atoms with Crippen molar-refractivity contribution in [2.75, 3.05) is 52.9 Å². The molecule has 2 rings (SSSR count). The zero-order chi connectivity index (χ0) is 15.3. The summed E-state index contributed by atoms with van der Waals surface area (Å²) in [6, 6.07) is 0. The van der Waals surface area contributed by atoms with Gasteiger partial charge in [0.15, 0.2) is 0 Å². The average Bonchev–Trinajstić information content (AvgIpc) is 2.47. The Kier molecular flexibility index (Phi) is 6.02. The minimum atomic E-state index is 0.0434. The molecule has 2 aliphatic heterocycles. The van der Waals surface area contributed by atoms with Crippen molar-refractivity contribution >= 4 is 5.91 Å². The summed E-state index contributed by atoms with van der Waals surface area (Å²) in [5.41, 5.74) is 0.0434. The Morgan fingerprint density at radius 1 is 1.29 bits per heavy atom. The van der Waals surface area contributed by atoms with Crippen LogP contribution < -0.4 is 10.6 Å². The Bertz CT molecular complexity index is 331. The highest BCUT2D eigenvalue weighted by Gasteiger charge is 2.29. The number of carbonyl (C=O) groups is 1. The van der Waals surface area contributed by atoms with Crippen LogP contribution >= 0.6 is 0 Å². The molecule has 1 atom stereocenters. The molecule has 122 valence electrons. The maximum Gasteiger partial charge on any atom is 0.220 e. The molecule has 0 bridgehead atoms. The van der Waals surface area contributed by atoms with Crippen molar-refractivity contribution in [1.82, 2.24) is 20.4 Å². The molecule has 2 heterocycles. The van der Waals surface area contributed by atoms with Crippen molar-refractivity contribution in [1.29, 1.82) is 0 Å². The van der Waals surface area contributed by atoms with Crippen molar-refractivity contribution in [3.8, 4) is 0 Å². The Morgan fingerprint density at radius 3 is 2.62 bits per heavy atom. The lowest BCUT2D eigenvalue weighted by atomic mass is 9.95. The van der Waals surface area contributed by atoms with E-state index in [9.17, 15) is 4.79 Å². The normalized spacial score (nSPS) is 25.8. The lowest BCUT2D eigenvalue weighted by Crippen LogP contribution is -2.57. The van der Waals surface area contributed by atoms with Gasteiger partial charge in [-0.3, -0.25) is 9.69 Å². The number of likely N-dealkylation sites (N-methyl/N-ethyl adjacent to an activating group) is 1. The van der Waals surface area contributed by atoms with Crippen LogP contribution in [-0.4, -0.2) is 74.1 Å². The number of hydrogen-bond acceptors (Lipinski definition) is 4. The summed E-state index contributed by atoms with van der Waals surface area (Å²) in [4.78, 5) is 17.0. The summed E-state index contributed by atoms with van der Waals surface area (Å²) < 4.78 is 0. The fraction of sp³-hybridized carbons (Fsp3) is 0.938. The third-order valence-corrected chi connectivity index (χ3v) is 4.95. The van der Waals surface area contributed by atoms with E-state index in [0.29, 0.717) is 12.3 Å². The Labute approximate surface area is 129 Å². The minimum Gasteiger partial charge on any atom is -0.354 e. The van der Waals surface area contributed by atoms with E-state index in [1.165, 1.54) is 12.8 Å². The largest absolute Gasteiger partial charge is 0.354 e. The molecular weight excluding hydrogens is 264 g/mol. The van der Waals surface area contributed by atoms with Crippen molar-refractivity contribution in [3.63, 3.8) is 0 Å². The van der Waals surface area contributed by atoms with Crippen molar-refractivity contribution in [2.45, 2.75) is 38.6 Å². The second-order valence-corrected chi connectivity index (χ2v) is 7.30. The minimum absolute atomic E-state index is 0.0434. The summed E-state index contributed by atoms with van der Waals surface area (Å²) in [6.45, 7) is 11.7. The van der Waals surface area contributed by atoms with Crippen LogP contribution in [-0.2, 0) is 4.79 Å². The molecule has 0 saturated carbocycles. The van der Waals surface area contributed by atoms with Crippen LogP contribution in [0.4, 0.5) is 0 Å². The average molecular weight is 296 g/mol. The van der Waals surface area contributed by atoms with Gasteiger partial charge in [-0.15, -0.1) is 0 Å². The predicted octanol–water partition coefficient (Wildman–Crippen LogP) is 0.518. The van der Waals surface area contributed by atoms with Gasteiger partial charge in [0.25, 0.3) is 0 Å². The second-order valence-electron chi connectivity index (χ2n) is 7.30. The molecule has 0 spiro atoms. The van der Waals surface area contributed by atoms with Crippen LogP contribution in [0.1, 0.15) is 33.1 Å². The molecule has 0 aromatic carbocycles. The molecule has 2 saturated heterocycles. The lowest BCUT2D eigenvalue weighted by Gasteiger charge is -2.43. The van der Waals surface area contributed by atoms with Gasteiger partial charge in [0.2, 0.25) is 5.91 Å². The molecule has 2 aliphatic rings. The van der Waals surface area contributed by atoms with Gasteiger partial charge in [-0.05, 0) is 52.7 Å². The van der Waals surface area contributed by atoms with Crippen molar-refractivity contribution < 1.29 is 4.79 Å². The molecule has 0 aromatic rings. The highest BCUT2D eigenvalue weighted by Crippen LogP contribution is 2.17. The van der Waals surface area contributed by atoms with E-state index >= 15 is 0 Å². The van der Waals surface area contributed by atoms with Crippen LogP contribution in [0.5, 0.6) is 0 Å². The van der Waals surface area contributed by atoms with Gasteiger partial charge >= 0.3 is 0 Å². The first-order chi connectivity index (χ1) is 9.97. The molecule has 5 heteroatoms. The standard InChI is InChI=1S/C16H32N4O/c1-16(2,20-9-7-19(3)8-10-20)13-18-15(21)11-14-5-4-6-17-12-14/h14,17H,4-13H2,1-3H3,(H,18,21). The third-order valence-electron chi connectivity index (χ3n) is 4.95. The number of carbonyl (C=O) groups excluding carboxylic acids is 1. The van der Waals surface area contributed by atoms with E-state index in [4.69, 9.17) is 0 Å². The monoisotopic (exact) mass is 296 g/mol. The predicted molar refractivity (Wildman–Crippen MR) is 86.4 cm³/mol. The van der Waals surface area contributed by atoms with E-state index in [0.717, 1.165) is 45.8 Å². The number of nitrogens with one attached hydrogen (secondary N) is 2. The molecule has 1 amide bonds. The van der Waals surface area contributed by atoms with E-state index in [1.54, 1.807) is 0 Å². The van der Waals surface area contributed by atoms with Gasteiger partial charge in [-0.1, -0.05) is 0 Å². The highest BCUT2D eigenvalue weighted by atomic mass is 16.1. The SMILES string of the molecule is CN1CCN(C(C)(C)CNC(=O)CC2CCCNC2)CC1. The molecule has 0 aromatic heterocycles. The van der Waals surface area contributed by atoms with Crippen molar-refractivity contribution in [3.05, 3.63) is 0 Å². The second kappa shape index (κ2) is 7.56. The first-order valence-electron chi connectivity index (χ1n) is 8.38.